The highest BCUT2D eigenvalue weighted by molar-refractivity contribution is 6.36. The van der Waals surface area contributed by atoms with E-state index in [2.05, 4.69) is 0 Å². The zero-order valence-corrected chi connectivity index (χ0v) is 19.4. The average molecular weight is 483 g/mol. The van der Waals surface area contributed by atoms with Gasteiger partial charge in [0.15, 0.2) is 6.10 Å². The fraction of sp³-hybridized carbons (Fsp3) is 0.200. The monoisotopic (exact) mass is 482 g/mol. The average Bonchev–Trinajstić information content (AvgIpc) is 3.22. The summed E-state index contributed by atoms with van der Waals surface area (Å²) < 4.78 is 5.29. The maximum absolute atomic E-state index is 13.9. The van der Waals surface area contributed by atoms with Crippen molar-refractivity contribution in [2.24, 2.45) is 5.41 Å². The van der Waals surface area contributed by atoms with E-state index in [4.69, 9.17) is 32.8 Å². The lowest BCUT2D eigenvalue weighted by Crippen LogP contribution is -2.41. The molecule has 0 unspecified atom stereocenters. The first-order valence-corrected chi connectivity index (χ1v) is 11.1. The molecular formula is C25H20Cl2N2O4. The molecule has 2 heterocycles. The lowest BCUT2D eigenvalue weighted by Gasteiger charge is -2.32. The fourth-order valence-corrected chi connectivity index (χ4v) is 5.14. The number of anilines is 2. The van der Waals surface area contributed by atoms with Gasteiger partial charge in [0.05, 0.1) is 24.5 Å². The van der Waals surface area contributed by atoms with Gasteiger partial charge in [-0.2, -0.15) is 0 Å². The van der Waals surface area contributed by atoms with Crippen LogP contribution in [0.15, 0.2) is 72.8 Å². The molecule has 2 aliphatic heterocycles. The van der Waals surface area contributed by atoms with Crippen molar-refractivity contribution in [1.82, 2.24) is 0 Å². The van der Waals surface area contributed by atoms with E-state index >= 15 is 0 Å². The molecule has 0 radical (unpaired) electrons. The zero-order valence-electron chi connectivity index (χ0n) is 17.9. The number of carbonyl (C=O) groups excluding carboxylic acids is 2. The molecule has 0 aromatic heterocycles. The number of halogens is 2. The standard InChI is InChI=1S/C25H20Cl2N2O4/c1-25-21(15-8-10-20(32-2)11-9-15)29(18-6-4-3-5-7-18)33-22(25)23(30)28(24(25)31)19-13-16(26)12-17(27)14-19/h3-14,21-22H,1-2H3/t21-,22-,25-/m1/s1. The Balaban J connectivity index is 1.64. The summed E-state index contributed by atoms with van der Waals surface area (Å²) in [6.07, 6.45) is -1.02. The maximum Gasteiger partial charge on any atom is 0.266 e. The van der Waals surface area contributed by atoms with Crippen molar-refractivity contribution >= 4 is 46.4 Å². The Kier molecular flexibility index (Phi) is 5.32. The summed E-state index contributed by atoms with van der Waals surface area (Å²) in [5.74, 6) is -0.150. The summed E-state index contributed by atoms with van der Waals surface area (Å²) >= 11 is 12.3. The number of hydrogen-bond acceptors (Lipinski definition) is 5. The number of amides is 2. The van der Waals surface area contributed by atoms with Gasteiger partial charge in [-0.1, -0.05) is 53.5 Å². The number of rotatable bonds is 4. The summed E-state index contributed by atoms with van der Waals surface area (Å²) in [4.78, 5) is 34.8. The molecule has 8 heteroatoms. The number of fused-ring (bicyclic) bond motifs is 1. The van der Waals surface area contributed by atoms with Crippen molar-refractivity contribution in [2.75, 3.05) is 17.1 Å². The van der Waals surface area contributed by atoms with E-state index in [0.29, 0.717) is 21.5 Å². The number of para-hydroxylation sites is 1. The Hall–Kier alpha value is -3.06. The van der Waals surface area contributed by atoms with Crippen molar-refractivity contribution in [3.05, 3.63) is 88.4 Å². The molecule has 2 aliphatic rings. The van der Waals surface area contributed by atoms with Crippen LogP contribution >= 0.6 is 23.2 Å². The molecule has 2 fully saturated rings. The molecule has 0 aliphatic carbocycles. The molecule has 0 N–H and O–H groups in total. The van der Waals surface area contributed by atoms with Gasteiger partial charge in [-0.15, -0.1) is 0 Å². The lowest BCUT2D eigenvalue weighted by molar-refractivity contribution is -0.128. The van der Waals surface area contributed by atoms with Gasteiger partial charge < -0.3 is 4.74 Å². The summed E-state index contributed by atoms with van der Waals surface area (Å²) in [7, 11) is 1.59. The Morgan fingerprint density at radius 2 is 1.55 bits per heavy atom. The fourth-order valence-electron chi connectivity index (χ4n) is 4.63. The van der Waals surface area contributed by atoms with Gasteiger partial charge in [-0.25, -0.2) is 9.96 Å². The van der Waals surface area contributed by atoms with Gasteiger partial charge >= 0.3 is 0 Å². The van der Waals surface area contributed by atoms with E-state index in [1.54, 1.807) is 37.3 Å². The van der Waals surface area contributed by atoms with Gasteiger partial charge in [0.1, 0.15) is 11.2 Å². The second kappa shape index (κ2) is 8.06. The third-order valence-corrected chi connectivity index (χ3v) is 6.66. The van der Waals surface area contributed by atoms with Crippen LogP contribution in [0.5, 0.6) is 5.75 Å². The van der Waals surface area contributed by atoms with Crippen molar-refractivity contribution in [3.63, 3.8) is 0 Å². The van der Waals surface area contributed by atoms with Crippen LogP contribution in [0.2, 0.25) is 10.0 Å². The highest BCUT2D eigenvalue weighted by Crippen LogP contribution is 2.55. The predicted molar refractivity (Wildman–Crippen MR) is 127 cm³/mol. The van der Waals surface area contributed by atoms with E-state index in [9.17, 15) is 9.59 Å². The van der Waals surface area contributed by atoms with E-state index in [1.807, 2.05) is 54.6 Å². The topological polar surface area (TPSA) is 59.1 Å². The van der Waals surface area contributed by atoms with Crippen LogP contribution in [0.25, 0.3) is 0 Å². The summed E-state index contributed by atoms with van der Waals surface area (Å²) in [6, 6.07) is 20.9. The van der Waals surface area contributed by atoms with Gasteiger partial charge in [-0.05, 0) is 55.0 Å². The number of carbonyl (C=O) groups is 2. The number of nitrogens with zero attached hydrogens (tertiary/aromatic N) is 2. The van der Waals surface area contributed by atoms with Crippen LogP contribution in [0.1, 0.15) is 18.5 Å². The molecule has 0 spiro atoms. The van der Waals surface area contributed by atoms with Crippen molar-refractivity contribution in [3.8, 4) is 5.75 Å². The number of ether oxygens (including phenoxy) is 1. The first kappa shape index (κ1) is 21.8. The molecule has 33 heavy (non-hydrogen) atoms. The van der Waals surface area contributed by atoms with Crippen molar-refractivity contribution in [2.45, 2.75) is 19.1 Å². The number of hydrogen-bond donors (Lipinski definition) is 0. The van der Waals surface area contributed by atoms with Gasteiger partial charge in [-0.3, -0.25) is 14.4 Å². The first-order valence-electron chi connectivity index (χ1n) is 10.3. The van der Waals surface area contributed by atoms with Crippen molar-refractivity contribution in [1.29, 1.82) is 0 Å². The Morgan fingerprint density at radius 3 is 2.15 bits per heavy atom. The summed E-state index contributed by atoms with van der Waals surface area (Å²) in [5, 5.41) is 2.32. The minimum absolute atomic E-state index is 0.321. The third kappa shape index (κ3) is 3.37. The third-order valence-electron chi connectivity index (χ3n) is 6.22. The smallest absolute Gasteiger partial charge is 0.266 e. The minimum Gasteiger partial charge on any atom is -0.497 e. The van der Waals surface area contributed by atoms with Crippen LogP contribution in [0.3, 0.4) is 0 Å². The molecule has 3 atom stereocenters. The lowest BCUT2D eigenvalue weighted by atomic mass is 9.76. The van der Waals surface area contributed by atoms with Crippen LogP contribution < -0.4 is 14.7 Å². The number of benzene rings is 3. The summed E-state index contributed by atoms with van der Waals surface area (Å²) in [5.41, 5.74) is 0.682. The van der Waals surface area contributed by atoms with Crippen LogP contribution in [-0.2, 0) is 14.4 Å². The number of hydroxylamine groups is 1. The Bertz CT molecular complexity index is 1210. The summed E-state index contributed by atoms with van der Waals surface area (Å²) in [6.45, 7) is 1.77. The highest BCUT2D eigenvalue weighted by Gasteiger charge is 2.68. The minimum atomic E-state index is -1.20. The van der Waals surface area contributed by atoms with Gasteiger partial charge in [0.2, 0.25) is 5.91 Å². The quantitative estimate of drug-likeness (QED) is 0.463. The zero-order chi connectivity index (χ0) is 23.3. The molecule has 2 saturated heterocycles. The largest absolute Gasteiger partial charge is 0.497 e. The molecule has 6 nitrogen and oxygen atoms in total. The molecule has 3 aromatic rings. The highest BCUT2D eigenvalue weighted by atomic mass is 35.5. The van der Waals surface area contributed by atoms with Crippen LogP contribution in [0, 0.1) is 5.41 Å². The molecule has 5 rings (SSSR count). The van der Waals surface area contributed by atoms with Crippen molar-refractivity contribution < 1.29 is 19.2 Å². The van der Waals surface area contributed by atoms with Crippen LogP contribution in [-0.4, -0.2) is 25.0 Å². The maximum atomic E-state index is 13.9. The Labute approximate surface area is 201 Å². The van der Waals surface area contributed by atoms with Gasteiger partial charge in [0, 0.05) is 10.0 Å². The second-order valence-corrected chi connectivity index (χ2v) is 9.08. The Morgan fingerprint density at radius 1 is 0.909 bits per heavy atom. The number of imide groups is 1. The number of methoxy groups -OCH3 is 1. The molecular weight excluding hydrogens is 463 g/mol. The predicted octanol–water partition coefficient (Wildman–Crippen LogP) is 5.44. The first-order chi connectivity index (χ1) is 15.8. The molecule has 2 amide bonds. The van der Waals surface area contributed by atoms with Crippen LogP contribution in [0.4, 0.5) is 11.4 Å². The second-order valence-electron chi connectivity index (χ2n) is 8.21. The SMILES string of the molecule is COc1ccc([C@H]2N(c3ccccc3)O[C@@H]3C(=O)N(c4cc(Cl)cc(Cl)c4)C(=O)[C@@]32C)cc1. The molecule has 3 aromatic carbocycles. The molecule has 0 saturated carbocycles. The van der Waals surface area contributed by atoms with E-state index in [0.717, 1.165) is 16.2 Å². The molecule has 168 valence electrons. The normalized spacial score (nSPS) is 24.4. The van der Waals surface area contributed by atoms with E-state index < -0.39 is 23.5 Å². The van der Waals surface area contributed by atoms with E-state index in [-0.39, 0.29) is 5.91 Å². The molecule has 0 bridgehead atoms. The van der Waals surface area contributed by atoms with E-state index in [1.165, 1.54) is 0 Å². The van der Waals surface area contributed by atoms with Gasteiger partial charge in [0.25, 0.3) is 5.91 Å².